The van der Waals surface area contributed by atoms with Crippen molar-refractivity contribution in [1.82, 2.24) is 0 Å². The smallest absolute Gasteiger partial charge is 0.252 e. The van der Waals surface area contributed by atoms with Crippen LogP contribution in [0.15, 0.2) is 188 Å². The van der Waals surface area contributed by atoms with Crippen molar-refractivity contribution in [3.8, 4) is 22.6 Å². The summed E-state index contributed by atoms with van der Waals surface area (Å²) in [4.78, 5) is 4.95. The number of para-hydroxylation sites is 5. The van der Waals surface area contributed by atoms with E-state index in [1.54, 1.807) is 0 Å². The van der Waals surface area contributed by atoms with Crippen LogP contribution in [0.3, 0.4) is 0 Å². The summed E-state index contributed by atoms with van der Waals surface area (Å²) < 4.78 is 6.68. The molecule has 0 saturated heterocycles. The first-order valence-corrected chi connectivity index (χ1v) is 18.4. The van der Waals surface area contributed by atoms with Gasteiger partial charge in [-0.1, -0.05) is 127 Å². The lowest BCUT2D eigenvalue weighted by molar-refractivity contribution is 0.436. The summed E-state index contributed by atoms with van der Waals surface area (Å²) in [5.41, 5.74) is 18.0. The summed E-state index contributed by atoms with van der Waals surface area (Å²) in [6.07, 6.45) is 0. The molecule has 8 aromatic carbocycles. The van der Waals surface area contributed by atoms with Gasteiger partial charge in [-0.3, -0.25) is 0 Å². The van der Waals surface area contributed by atoms with Crippen molar-refractivity contribution in [3.05, 3.63) is 210 Å². The van der Waals surface area contributed by atoms with Gasteiger partial charge < -0.3 is 14.5 Å². The lowest BCUT2D eigenvalue weighted by Crippen LogP contribution is -2.61. The van der Waals surface area contributed by atoms with Crippen LogP contribution < -0.4 is 30.9 Å². The van der Waals surface area contributed by atoms with Crippen LogP contribution in [-0.2, 0) is 5.41 Å². The Balaban J connectivity index is 1.23. The lowest BCUT2D eigenvalue weighted by Gasteiger charge is -2.45. The average Bonchev–Trinajstić information content (AvgIpc) is 3.50. The number of hydrogen-bond acceptors (Lipinski definition) is 3. The number of hydrogen-bond donors (Lipinski definition) is 0. The molecule has 4 heteroatoms. The molecule has 0 atom stereocenters. The number of nitrogens with zero attached hydrogens (tertiary/aromatic N) is 2. The minimum absolute atomic E-state index is 0.0173. The summed E-state index contributed by atoms with van der Waals surface area (Å²) in [7, 11) is 0. The van der Waals surface area contributed by atoms with E-state index in [0.717, 1.165) is 22.9 Å². The first-order valence-electron chi connectivity index (χ1n) is 18.4. The molecule has 1 spiro atoms. The van der Waals surface area contributed by atoms with E-state index in [1.165, 1.54) is 72.5 Å². The van der Waals surface area contributed by atoms with Crippen molar-refractivity contribution >= 4 is 57.2 Å². The van der Waals surface area contributed by atoms with E-state index >= 15 is 0 Å². The monoisotopic (exact) mass is 674 g/mol. The van der Waals surface area contributed by atoms with Crippen molar-refractivity contribution in [3.63, 3.8) is 0 Å². The maximum absolute atomic E-state index is 6.68. The number of fused-ring (bicyclic) bond motifs is 13. The van der Waals surface area contributed by atoms with Gasteiger partial charge in [-0.2, -0.15) is 0 Å². The Morgan fingerprint density at radius 2 is 0.906 bits per heavy atom. The highest BCUT2D eigenvalue weighted by atomic mass is 16.5. The van der Waals surface area contributed by atoms with Crippen molar-refractivity contribution in [2.24, 2.45) is 0 Å². The number of rotatable bonds is 2. The highest BCUT2D eigenvalue weighted by Crippen LogP contribution is 2.62. The van der Waals surface area contributed by atoms with Crippen LogP contribution in [0.4, 0.5) is 34.1 Å². The zero-order chi connectivity index (χ0) is 34.7. The molecule has 0 unspecified atom stereocenters. The maximum Gasteiger partial charge on any atom is 0.252 e. The molecule has 0 amide bonds. The Labute approximate surface area is 309 Å². The van der Waals surface area contributed by atoms with E-state index in [0.29, 0.717) is 0 Å². The first kappa shape index (κ1) is 28.9. The third-order valence-corrected chi connectivity index (χ3v) is 11.9. The Hall–Kier alpha value is -6.78. The molecule has 0 aromatic heterocycles. The van der Waals surface area contributed by atoms with Gasteiger partial charge in [-0.25, -0.2) is 0 Å². The van der Waals surface area contributed by atoms with Gasteiger partial charge in [-0.15, -0.1) is 0 Å². The highest BCUT2D eigenvalue weighted by Gasteiger charge is 2.53. The Kier molecular flexibility index (Phi) is 5.79. The second-order valence-corrected chi connectivity index (χ2v) is 14.4. The first-order chi connectivity index (χ1) is 26.3. The lowest BCUT2D eigenvalue weighted by atomic mass is 9.33. The average molecular weight is 675 g/mol. The SMILES string of the molecule is c1ccc(N2c3ccccc3B3c4cc5c(cc4N(c4ccccc4)c4cccc2c43)-c2ccccc2C52c3ccccc3Oc3ccccc32)cc1. The van der Waals surface area contributed by atoms with Gasteiger partial charge in [-0.05, 0) is 99.3 Å². The highest BCUT2D eigenvalue weighted by molar-refractivity contribution is 7.00. The predicted octanol–water partition coefficient (Wildman–Crippen LogP) is 10.2. The zero-order valence-corrected chi connectivity index (χ0v) is 28.8. The van der Waals surface area contributed by atoms with E-state index in [4.69, 9.17) is 4.74 Å². The number of benzene rings is 8. The third kappa shape index (κ3) is 3.69. The number of ether oxygens (including phenoxy) is 1. The minimum atomic E-state index is -0.548. The fraction of sp³-hybridized carbons (Fsp3) is 0.0204. The normalized spacial score (nSPS) is 14.6. The number of anilines is 6. The van der Waals surface area contributed by atoms with E-state index in [2.05, 4.69) is 198 Å². The molecule has 0 fully saturated rings. The maximum atomic E-state index is 6.68. The quantitative estimate of drug-likeness (QED) is 0.170. The fourth-order valence-electron chi connectivity index (χ4n) is 9.94. The zero-order valence-electron chi connectivity index (χ0n) is 28.8. The molecule has 4 aliphatic rings. The summed E-state index contributed by atoms with van der Waals surface area (Å²) in [6.45, 7) is 0.0173. The molecular formula is C49H31BN2O. The fourth-order valence-corrected chi connectivity index (χ4v) is 9.94. The second kappa shape index (κ2) is 10.6. The van der Waals surface area contributed by atoms with Crippen molar-refractivity contribution in [1.29, 1.82) is 0 Å². The Morgan fingerprint density at radius 3 is 1.58 bits per heavy atom. The molecule has 246 valence electrons. The van der Waals surface area contributed by atoms with Crippen molar-refractivity contribution in [2.45, 2.75) is 5.41 Å². The van der Waals surface area contributed by atoms with Crippen LogP contribution in [0.5, 0.6) is 11.5 Å². The van der Waals surface area contributed by atoms with Gasteiger partial charge >= 0.3 is 0 Å². The molecule has 3 heterocycles. The summed E-state index contributed by atoms with van der Waals surface area (Å²) in [5.74, 6) is 1.82. The molecule has 0 saturated carbocycles. The Morgan fingerprint density at radius 1 is 0.377 bits per heavy atom. The molecule has 0 N–H and O–H groups in total. The predicted molar refractivity (Wildman–Crippen MR) is 218 cm³/mol. The second-order valence-electron chi connectivity index (χ2n) is 14.4. The van der Waals surface area contributed by atoms with Gasteiger partial charge in [0.05, 0.1) is 5.41 Å². The van der Waals surface area contributed by atoms with Gasteiger partial charge in [0.1, 0.15) is 11.5 Å². The topological polar surface area (TPSA) is 15.7 Å². The standard InChI is InChI=1S/C49H31BN2O/c1-3-16-32(17-4-1)51-42-25-12-11-24-40(42)50-41-31-39-35(30-45(41)52(33-18-5-2-6-19-33)44-27-15-26-43(51)48(44)50)34-20-7-8-21-36(34)49(39)37-22-9-13-28-46(37)53-47-29-14-10-23-38(47)49/h1-31H. The third-order valence-electron chi connectivity index (χ3n) is 11.9. The molecule has 0 bridgehead atoms. The molecule has 0 radical (unpaired) electrons. The van der Waals surface area contributed by atoms with Crippen LogP contribution in [0, 0.1) is 0 Å². The van der Waals surface area contributed by atoms with Crippen LogP contribution in [-0.4, -0.2) is 6.71 Å². The molecule has 3 nitrogen and oxygen atoms in total. The van der Waals surface area contributed by atoms with E-state index in [-0.39, 0.29) is 6.71 Å². The molecule has 8 aromatic rings. The van der Waals surface area contributed by atoms with Crippen LogP contribution in [0.2, 0.25) is 0 Å². The minimum Gasteiger partial charge on any atom is -0.457 e. The van der Waals surface area contributed by atoms with Crippen molar-refractivity contribution in [2.75, 3.05) is 9.80 Å². The van der Waals surface area contributed by atoms with E-state index in [9.17, 15) is 0 Å². The van der Waals surface area contributed by atoms with Gasteiger partial charge in [0.2, 0.25) is 0 Å². The molecule has 3 aliphatic heterocycles. The van der Waals surface area contributed by atoms with Gasteiger partial charge in [0.25, 0.3) is 6.71 Å². The van der Waals surface area contributed by atoms with Gasteiger partial charge in [0.15, 0.2) is 0 Å². The summed E-state index contributed by atoms with van der Waals surface area (Å²) in [5, 5.41) is 0. The van der Waals surface area contributed by atoms with Crippen molar-refractivity contribution < 1.29 is 4.74 Å². The molecule has 12 rings (SSSR count). The van der Waals surface area contributed by atoms with Gasteiger partial charge in [0, 0.05) is 45.3 Å². The molecular weight excluding hydrogens is 643 g/mol. The van der Waals surface area contributed by atoms with Crippen LogP contribution in [0.25, 0.3) is 11.1 Å². The van der Waals surface area contributed by atoms with Crippen LogP contribution >= 0.6 is 0 Å². The van der Waals surface area contributed by atoms with Crippen LogP contribution in [0.1, 0.15) is 22.3 Å². The van der Waals surface area contributed by atoms with E-state index in [1.807, 2.05) is 0 Å². The summed E-state index contributed by atoms with van der Waals surface area (Å²) >= 11 is 0. The van der Waals surface area contributed by atoms with E-state index < -0.39 is 5.41 Å². The summed E-state index contributed by atoms with van der Waals surface area (Å²) in [6, 6.07) is 68.9. The largest absolute Gasteiger partial charge is 0.457 e. The Bertz CT molecular complexity index is 2750. The molecule has 53 heavy (non-hydrogen) atoms. The molecule has 1 aliphatic carbocycles.